The van der Waals surface area contributed by atoms with Crippen molar-refractivity contribution < 1.29 is 20.1 Å². The van der Waals surface area contributed by atoms with Crippen LogP contribution in [0.2, 0.25) is 0 Å². The lowest BCUT2D eigenvalue weighted by Crippen LogP contribution is -1.88. The van der Waals surface area contributed by atoms with Gasteiger partial charge in [0, 0.05) is 12.0 Å². The van der Waals surface area contributed by atoms with E-state index in [0.29, 0.717) is 24.2 Å². The van der Waals surface area contributed by atoms with Crippen LogP contribution in [0, 0.1) is 6.92 Å². The van der Waals surface area contributed by atoms with Crippen LogP contribution < -0.4 is 0 Å². The standard InChI is InChI=1S/C26H38O3.CH2O/c1-19(2)9-6-10-20(3)11-7-13-24(27)14-8-12-21(4)15-16-23-18-25(28)17-22(5)26(23)29;1-2/h9,11,14-15,17-18,27-29H,6-8,10,12-13,16H2,1-5H3;1H2/b20-11+,21-15+,24-14-;. The molecule has 0 aliphatic heterocycles. The Morgan fingerprint density at radius 1 is 0.839 bits per heavy atom. The molecule has 4 heteroatoms. The number of phenolic OH excluding ortho intramolecular Hbond substituents is 2. The summed E-state index contributed by atoms with van der Waals surface area (Å²) in [5, 5.41) is 29.8. The summed E-state index contributed by atoms with van der Waals surface area (Å²) in [6, 6.07) is 3.16. The number of allylic oxidation sites excluding steroid dienone is 8. The lowest BCUT2D eigenvalue weighted by molar-refractivity contribution is -0.0980. The van der Waals surface area contributed by atoms with Gasteiger partial charge >= 0.3 is 0 Å². The van der Waals surface area contributed by atoms with Gasteiger partial charge in [0.1, 0.15) is 18.3 Å². The summed E-state index contributed by atoms with van der Waals surface area (Å²) in [4.78, 5) is 8.00. The first kappa shape index (κ1) is 28.2. The number of hydrogen-bond acceptors (Lipinski definition) is 4. The largest absolute Gasteiger partial charge is 0.513 e. The third-order valence-electron chi connectivity index (χ3n) is 4.94. The lowest BCUT2D eigenvalue weighted by atomic mass is 10.0. The quantitative estimate of drug-likeness (QED) is 0.195. The average molecular weight is 429 g/mol. The topological polar surface area (TPSA) is 77.8 Å². The SMILES string of the molecule is C=O.CC(C)=CCC/C(C)=C/CC/C(O)=C/CC/C(C)=C/Cc1cc(O)cc(C)c1O. The van der Waals surface area contributed by atoms with E-state index in [1.807, 2.05) is 12.9 Å². The number of aliphatic hydroxyl groups excluding tert-OH is 1. The number of phenols is 2. The first-order valence-electron chi connectivity index (χ1n) is 10.8. The number of aromatic hydroxyl groups is 2. The molecule has 0 aromatic heterocycles. The summed E-state index contributed by atoms with van der Waals surface area (Å²) < 4.78 is 0. The molecular weight excluding hydrogens is 388 g/mol. The Labute approximate surface area is 188 Å². The zero-order valence-electron chi connectivity index (χ0n) is 19.9. The molecule has 0 heterocycles. The molecule has 0 aliphatic carbocycles. The third-order valence-corrected chi connectivity index (χ3v) is 4.94. The van der Waals surface area contributed by atoms with Crippen LogP contribution in [0.25, 0.3) is 0 Å². The van der Waals surface area contributed by atoms with E-state index >= 15 is 0 Å². The smallest absolute Gasteiger partial charge is 0.122 e. The first-order chi connectivity index (χ1) is 14.7. The van der Waals surface area contributed by atoms with Gasteiger partial charge in [-0.05, 0) is 96.9 Å². The number of aliphatic hydroxyl groups is 1. The van der Waals surface area contributed by atoms with Gasteiger partial charge in [-0.1, -0.05) is 34.9 Å². The molecule has 31 heavy (non-hydrogen) atoms. The number of aryl methyl sites for hydroxylation is 1. The lowest BCUT2D eigenvalue weighted by Gasteiger charge is -2.07. The van der Waals surface area contributed by atoms with Gasteiger partial charge in [-0.3, -0.25) is 0 Å². The first-order valence-corrected chi connectivity index (χ1v) is 10.8. The van der Waals surface area contributed by atoms with E-state index in [0.717, 1.165) is 37.7 Å². The summed E-state index contributed by atoms with van der Waals surface area (Å²) in [5.41, 5.74) is 5.34. The summed E-state index contributed by atoms with van der Waals surface area (Å²) in [6.07, 6.45) is 14.4. The molecule has 0 spiro atoms. The maximum Gasteiger partial charge on any atom is 0.122 e. The summed E-state index contributed by atoms with van der Waals surface area (Å²) in [7, 11) is 0. The molecule has 172 valence electrons. The minimum Gasteiger partial charge on any atom is -0.513 e. The normalized spacial score (nSPS) is 12.2. The van der Waals surface area contributed by atoms with E-state index in [4.69, 9.17) is 4.79 Å². The number of carbonyl (C=O) groups excluding carboxylic acids is 1. The van der Waals surface area contributed by atoms with Crippen molar-refractivity contribution in [3.8, 4) is 11.5 Å². The second-order valence-electron chi connectivity index (χ2n) is 8.17. The molecule has 1 aromatic rings. The Hall–Kier alpha value is -2.75. The Morgan fingerprint density at radius 3 is 2.00 bits per heavy atom. The van der Waals surface area contributed by atoms with E-state index in [1.165, 1.54) is 16.7 Å². The molecule has 0 fully saturated rings. The Bertz CT molecular complexity index is 794. The fourth-order valence-corrected chi connectivity index (χ4v) is 3.10. The highest BCUT2D eigenvalue weighted by Crippen LogP contribution is 2.28. The second-order valence-corrected chi connectivity index (χ2v) is 8.17. The van der Waals surface area contributed by atoms with Crippen LogP contribution in [0.5, 0.6) is 11.5 Å². The van der Waals surface area contributed by atoms with Gasteiger partial charge in [-0.2, -0.15) is 0 Å². The number of carbonyl (C=O) groups is 1. The van der Waals surface area contributed by atoms with E-state index in [-0.39, 0.29) is 11.5 Å². The highest BCUT2D eigenvalue weighted by Gasteiger charge is 2.05. The van der Waals surface area contributed by atoms with Gasteiger partial charge in [0.2, 0.25) is 0 Å². The Kier molecular flexibility index (Phi) is 14.6. The summed E-state index contributed by atoms with van der Waals surface area (Å²) in [5.74, 6) is 0.872. The van der Waals surface area contributed by atoms with Crippen molar-refractivity contribution in [2.75, 3.05) is 0 Å². The molecular formula is C27H40O4. The molecule has 0 radical (unpaired) electrons. The van der Waals surface area contributed by atoms with Gasteiger partial charge in [0.15, 0.2) is 0 Å². The van der Waals surface area contributed by atoms with E-state index in [1.54, 1.807) is 19.1 Å². The van der Waals surface area contributed by atoms with Crippen LogP contribution in [-0.2, 0) is 11.2 Å². The minimum absolute atomic E-state index is 0.176. The van der Waals surface area contributed by atoms with Gasteiger partial charge in [0.05, 0.1) is 5.76 Å². The minimum atomic E-state index is 0.176. The monoisotopic (exact) mass is 428 g/mol. The summed E-state index contributed by atoms with van der Waals surface area (Å²) in [6.45, 7) is 12.2. The van der Waals surface area contributed by atoms with Crippen molar-refractivity contribution in [3.63, 3.8) is 0 Å². The zero-order chi connectivity index (χ0) is 23.8. The number of rotatable bonds is 11. The van der Waals surface area contributed by atoms with Gasteiger partial charge in [-0.25, -0.2) is 0 Å². The molecule has 0 unspecified atom stereocenters. The van der Waals surface area contributed by atoms with Gasteiger partial charge < -0.3 is 20.1 Å². The van der Waals surface area contributed by atoms with Crippen LogP contribution in [0.1, 0.15) is 77.3 Å². The summed E-state index contributed by atoms with van der Waals surface area (Å²) >= 11 is 0. The molecule has 1 aromatic carbocycles. The molecule has 0 saturated carbocycles. The predicted octanol–water partition coefficient (Wildman–Crippen LogP) is 7.41. The van der Waals surface area contributed by atoms with Crippen molar-refractivity contribution in [2.24, 2.45) is 0 Å². The van der Waals surface area contributed by atoms with Crippen molar-refractivity contribution in [1.82, 2.24) is 0 Å². The predicted molar refractivity (Wildman–Crippen MR) is 131 cm³/mol. The van der Waals surface area contributed by atoms with Gasteiger partial charge in [0.25, 0.3) is 0 Å². The highest BCUT2D eigenvalue weighted by molar-refractivity contribution is 5.46. The van der Waals surface area contributed by atoms with Gasteiger partial charge in [-0.15, -0.1) is 0 Å². The maximum absolute atomic E-state index is 10.1. The van der Waals surface area contributed by atoms with Crippen molar-refractivity contribution >= 4 is 6.79 Å². The fourth-order valence-electron chi connectivity index (χ4n) is 3.10. The van der Waals surface area contributed by atoms with Crippen LogP contribution in [0.3, 0.4) is 0 Å². The second kappa shape index (κ2) is 16.0. The van der Waals surface area contributed by atoms with Crippen molar-refractivity contribution in [2.45, 2.75) is 79.6 Å². The third kappa shape index (κ3) is 13.2. The van der Waals surface area contributed by atoms with Crippen LogP contribution in [0.4, 0.5) is 0 Å². The van der Waals surface area contributed by atoms with Crippen molar-refractivity contribution in [1.29, 1.82) is 0 Å². The Balaban J connectivity index is 0.00000436. The van der Waals surface area contributed by atoms with Crippen LogP contribution in [0.15, 0.2) is 58.9 Å². The zero-order valence-corrected chi connectivity index (χ0v) is 19.9. The van der Waals surface area contributed by atoms with Crippen LogP contribution >= 0.6 is 0 Å². The highest BCUT2D eigenvalue weighted by atomic mass is 16.3. The average Bonchev–Trinajstić information content (AvgIpc) is 2.70. The number of benzene rings is 1. The molecule has 0 aliphatic rings. The van der Waals surface area contributed by atoms with E-state index in [2.05, 4.69) is 45.9 Å². The Morgan fingerprint density at radius 2 is 1.39 bits per heavy atom. The fraction of sp³-hybridized carbons (Fsp3) is 0.444. The molecule has 0 atom stereocenters. The van der Waals surface area contributed by atoms with Crippen LogP contribution in [-0.4, -0.2) is 22.1 Å². The molecule has 0 saturated heterocycles. The van der Waals surface area contributed by atoms with Crippen molar-refractivity contribution in [3.05, 3.63) is 70.0 Å². The molecule has 3 N–H and O–H groups in total. The maximum atomic E-state index is 10.1. The molecule has 1 rings (SSSR count). The molecule has 4 nitrogen and oxygen atoms in total. The van der Waals surface area contributed by atoms with E-state index in [9.17, 15) is 15.3 Å². The van der Waals surface area contributed by atoms with E-state index < -0.39 is 0 Å². The number of hydrogen-bond donors (Lipinski definition) is 3. The molecule has 0 bridgehead atoms. The molecule has 0 amide bonds.